The average Bonchev–Trinajstić information content (AvgIpc) is 2.90. The van der Waals surface area contributed by atoms with Crippen LogP contribution in [0.15, 0.2) is 54.7 Å². The maximum absolute atomic E-state index is 11.6. The van der Waals surface area contributed by atoms with Crippen LogP contribution in [0, 0.1) is 10.1 Å². The first kappa shape index (κ1) is 15.7. The molecule has 6 heteroatoms. The van der Waals surface area contributed by atoms with Crippen molar-refractivity contribution in [1.29, 1.82) is 0 Å². The summed E-state index contributed by atoms with van der Waals surface area (Å²) < 4.78 is 2.00. The zero-order valence-electron chi connectivity index (χ0n) is 13.2. The Morgan fingerprint density at radius 1 is 1.21 bits per heavy atom. The molecule has 1 aromatic heterocycles. The van der Waals surface area contributed by atoms with E-state index in [0.717, 1.165) is 22.0 Å². The van der Waals surface area contributed by atoms with Crippen molar-refractivity contribution in [2.75, 3.05) is 0 Å². The lowest BCUT2D eigenvalue weighted by molar-refractivity contribution is -0.384. The molecule has 0 fully saturated rings. The van der Waals surface area contributed by atoms with Gasteiger partial charge in [0.05, 0.1) is 4.92 Å². The van der Waals surface area contributed by atoms with E-state index < -0.39 is 10.8 Å². The van der Waals surface area contributed by atoms with Crippen molar-refractivity contribution in [3.8, 4) is 0 Å². The molecule has 0 saturated carbocycles. The number of benzene rings is 2. The van der Waals surface area contributed by atoms with Crippen LogP contribution in [0.4, 0.5) is 5.69 Å². The van der Waals surface area contributed by atoms with E-state index in [1.807, 2.05) is 42.1 Å². The first-order valence-electron chi connectivity index (χ1n) is 7.54. The molecular formula is C18H17N3O3. The van der Waals surface area contributed by atoms with Crippen molar-refractivity contribution in [1.82, 2.24) is 4.57 Å². The number of rotatable bonds is 5. The van der Waals surface area contributed by atoms with Crippen molar-refractivity contribution in [3.05, 3.63) is 76.0 Å². The van der Waals surface area contributed by atoms with Gasteiger partial charge in [0.25, 0.3) is 5.69 Å². The Kier molecular flexibility index (Phi) is 4.04. The highest BCUT2D eigenvalue weighted by Gasteiger charge is 2.21. The molecule has 0 bridgehead atoms. The topological polar surface area (TPSA) is 91.2 Å². The van der Waals surface area contributed by atoms with E-state index in [1.54, 1.807) is 12.1 Å². The van der Waals surface area contributed by atoms with E-state index in [-0.39, 0.29) is 18.0 Å². The van der Waals surface area contributed by atoms with Crippen LogP contribution < -0.4 is 5.73 Å². The number of non-ortho nitro benzene ring substituents is 1. The lowest BCUT2D eigenvalue weighted by Gasteiger charge is -2.15. The molecule has 3 rings (SSSR count). The molecule has 24 heavy (non-hydrogen) atoms. The number of carbonyl (C=O) groups is 1. The summed E-state index contributed by atoms with van der Waals surface area (Å²) in [5, 5.41) is 11.9. The fourth-order valence-electron chi connectivity index (χ4n) is 3.09. The molecule has 1 amide bonds. The molecule has 0 saturated heterocycles. The number of nitrogens with zero attached hydrogens (tertiary/aromatic N) is 2. The van der Waals surface area contributed by atoms with Crippen LogP contribution in [0.25, 0.3) is 10.9 Å². The van der Waals surface area contributed by atoms with Crippen molar-refractivity contribution >= 4 is 22.5 Å². The zero-order valence-corrected chi connectivity index (χ0v) is 13.2. The summed E-state index contributed by atoms with van der Waals surface area (Å²) in [7, 11) is 1.95. The van der Waals surface area contributed by atoms with Crippen LogP contribution in [0.5, 0.6) is 0 Å². The quantitative estimate of drug-likeness (QED) is 0.577. The summed E-state index contributed by atoms with van der Waals surface area (Å²) in [6, 6.07) is 14.2. The lowest BCUT2D eigenvalue weighted by atomic mass is 9.88. The molecular weight excluding hydrogens is 306 g/mol. The SMILES string of the molecule is Cn1cc([C@H](CC(N)=O)c2ccc([N+](=O)[O-])cc2)c2ccccc21. The maximum atomic E-state index is 11.6. The molecule has 1 heterocycles. The summed E-state index contributed by atoms with van der Waals surface area (Å²) in [6.07, 6.45) is 2.13. The minimum Gasteiger partial charge on any atom is -0.370 e. The molecule has 0 aliphatic heterocycles. The normalized spacial score (nSPS) is 12.2. The number of carbonyl (C=O) groups excluding carboxylic acids is 1. The average molecular weight is 323 g/mol. The van der Waals surface area contributed by atoms with Gasteiger partial charge in [-0.3, -0.25) is 14.9 Å². The van der Waals surface area contributed by atoms with Gasteiger partial charge in [-0.15, -0.1) is 0 Å². The zero-order chi connectivity index (χ0) is 17.3. The Morgan fingerprint density at radius 3 is 2.50 bits per heavy atom. The Morgan fingerprint density at radius 2 is 1.88 bits per heavy atom. The van der Waals surface area contributed by atoms with Crippen LogP contribution in [0.1, 0.15) is 23.5 Å². The molecule has 0 spiro atoms. The van der Waals surface area contributed by atoms with Crippen molar-refractivity contribution in [2.24, 2.45) is 12.8 Å². The fourth-order valence-corrected chi connectivity index (χ4v) is 3.09. The first-order chi connectivity index (χ1) is 11.5. The summed E-state index contributed by atoms with van der Waals surface area (Å²) in [4.78, 5) is 22.0. The van der Waals surface area contributed by atoms with Crippen molar-refractivity contribution in [2.45, 2.75) is 12.3 Å². The predicted octanol–water partition coefficient (Wildman–Crippen LogP) is 3.09. The van der Waals surface area contributed by atoms with Crippen LogP contribution in [0.3, 0.4) is 0 Å². The second-order valence-corrected chi connectivity index (χ2v) is 5.78. The molecule has 0 radical (unpaired) electrons. The lowest BCUT2D eigenvalue weighted by Crippen LogP contribution is -2.16. The van der Waals surface area contributed by atoms with Crippen molar-refractivity contribution < 1.29 is 9.72 Å². The minimum absolute atomic E-state index is 0.0227. The number of amides is 1. The number of hydrogen-bond donors (Lipinski definition) is 1. The van der Waals surface area contributed by atoms with Crippen LogP contribution in [-0.4, -0.2) is 15.4 Å². The van der Waals surface area contributed by atoms with Gasteiger partial charge < -0.3 is 10.3 Å². The highest BCUT2D eigenvalue weighted by molar-refractivity contribution is 5.86. The second kappa shape index (κ2) is 6.16. The molecule has 1 atom stereocenters. The summed E-state index contributed by atoms with van der Waals surface area (Å²) in [5.41, 5.74) is 8.34. The van der Waals surface area contributed by atoms with Gasteiger partial charge in [0.1, 0.15) is 0 Å². The standard InChI is InChI=1S/C18H17N3O3/c1-20-11-16(14-4-2-3-5-17(14)20)15(10-18(19)22)12-6-8-13(9-7-12)21(23)24/h2-9,11,15H,10H2,1H3,(H2,19,22)/t15-/m1/s1. The van der Waals surface area contributed by atoms with Gasteiger partial charge in [-0.2, -0.15) is 0 Å². The van der Waals surface area contributed by atoms with E-state index in [9.17, 15) is 14.9 Å². The molecule has 6 nitrogen and oxygen atoms in total. The second-order valence-electron chi connectivity index (χ2n) is 5.78. The molecule has 2 N–H and O–H groups in total. The summed E-state index contributed by atoms with van der Waals surface area (Å²) in [5.74, 6) is -0.652. The molecule has 0 aliphatic rings. The van der Waals surface area contributed by atoms with E-state index in [1.165, 1.54) is 12.1 Å². The molecule has 122 valence electrons. The van der Waals surface area contributed by atoms with E-state index in [2.05, 4.69) is 0 Å². The molecule has 2 aromatic carbocycles. The van der Waals surface area contributed by atoms with Crippen LogP contribution >= 0.6 is 0 Å². The Hall–Kier alpha value is -3.15. The number of para-hydroxylation sites is 1. The third-order valence-corrected chi connectivity index (χ3v) is 4.21. The fraction of sp³-hybridized carbons (Fsp3) is 0.167. The Labute approximate surface area is 138 Å². The largest absolute Gasteiger partial charge is 0.370 e. The molecule has 0 unspecified atom stereocenters. The number of hydrogen-bond acceptors (Lipinski definition) is 3. The molecule has 0 aliphatic carbocycles. The van der Waals surface area contributed by atoms with Gasteiger partial charge in [0.15, 0.2) is 0 Å². The number of nitro benzene ring substituents is 1. The van der Waals surface area contributed by atoms with E-state index in [4.69, 9.17) is 5.73 Å². The summed E-state index contributed by atoms with van der Waals surface area (Å²) in [6.45, 7) is 0. The van der Waals surface area contributed by atoms with E-state index in [0.29, 0.717) is 0 Å². The first-order valence-corrected chi connectivity index (χ1v) is 7.54. The third kappa shape index (κ3) is 2.86. The number of nitrogens with two attached hydrogens (primary N) is 1. The Bertz CT molecular complexity index is 913. The highest BCUT2D eigenvalue weighted by Crippen LogP contribution is 2.34. The Balaban J connectivity index is 2.12. The van der Waals surface area contributed by atoms with Crippen LogP contribution in [-0.2, 0) is 11.8 Å². The minimum atomic E-state index is -0.440. The third-order valence-electron chi connectivity index (χ3n) is 4.21. The van der Waals surface area contributed by atoms with Gasteiger partial charge in [0.2, 0.25) is 5.91 Å². The summed E-state index contributed by atoms with van der Waals surface area (Å²) >= 11 is 0. The predicted molar refractivity (Wildman–Crippen MR) is 91.7 cm³/mol. The maximum Gasteiger partial charge on any atom is 0.269 e. The van der Waals surface area contributed by atoms with Gasteiger partial charge in [-0.1, -0.05) is 30.3 Å². The number of nitro groups is 1. The number of aromatic nitrogens is 1. The van der Waals surface area contributed by atoms with Gasteiger partial charge in [-0.05, 0) is 17.2 Å². The van der Waals surface area contributed by atoms with Crippen molar-refractivity contribution in [3.63, 3.8) is 0 Å². The smallest absolute Gasteiger partial charge is 0.269 e. The number of aryl methyl sites for hydroxylation is 1. The highest BCUT2D eigenvalue weighted by atomic mass is 16.6. The molecule has 3 aromatic rings. The van der Waals surface area contributed by atoms with Crippen LogP contribution in [0.2, 0.25) is 0 Å². The number of fused-ring (bicyclic) bond motifs is 1. The monoisotopic (exact) mass is 323 g/mol. The van der Waals surface area contributed by atoms with E-state index >= 15 is 0 Å². The van der Waals surface area contributed by atoms with Gasteiger partial charge >= 0.3 is 0 Å². The van der Waals surface area contributed by atoms with Gasteiger partial charge in [0, 0.05) is 48.6 Å². The van der Waals surface area contributed by atoms with Gasteiger partial charge in [-0.25, -0.2) is 0 Å². The number of primary amides is 1.